The van der Waals surface area contributed by atoms with Crippen molar-refractivity contribution in [1.82, 2.24) is 0 Å². The van der Waals surface area contributed by atoms with Crippen LogP contribution in [0.25, 0.3) is 0 Å². The number of nitrogens with zero attached hydrogens (tertiary/aromatic N) is 2. The van der Waals surface area contributed by atoms with Crippen LogP contribution in [0.15, 0.2) is 10.2 Å². The Labute approximate surface area is 47.1 Å². The standard InChI is InChI=1S/C5H5N2O/c8-5-1-3-6-7-4-2-5/h3H,1-2H2. The first kappa shape index (κ1) is 5.15. The molecule has 41 valence electrons. The van der Waals surface area contributed by atoms with Gasteiger partial charge in [0.15, 0.2) is 0 Å². The van der Waals surface area contributed by atoms with Crippen molar-refractivity contribution in [2.24, 2.45) is 10.2 Å². The quantitative estimate of drug-likeness (QED) is 0.440. The molecule has 1 rings (SSSR count). The molecule has 0 aromatic heterocycles. The van der Waals surface area contributed by atoms with E-state index in [4.69, 9.17) is 0 Å². The van der Waals surface area contributed by atoms with Crippen molar-refractivity contribution in [1.29, 1.82) is 0 Å². The zero-order valence-corrected chi connectivity index (χ0v) is 4.29. The Kier molecular flexibility index (Phi) is 1.51. The van der Waals surface area contributed by atoms with Crippen LogP contribution in [0.4, 0.5) is 0 Å². The van der Waals surface area contributed by atoms with Crippen molar-refractivity contribution in [3.63, 3.8) is 0 Å². The number of carbonyl (C=O) groups is 1. The number of ketones is 1. The van der Waals surface area contributed by atoms with Crippen LogP contribution in [0, 0.1) is 0 Å². The molecule has 0 atom stereocenters. The van der Waals surface area contributed by atoms with E-state index in [0.717, 1.165) is 0 Å². The lowest BCUT2D eigenvalue weighted by molar-refractivity contribution is -0.116. The van der Waals surface area contributed by atoms with Gasteiger partial charge < -0.3 is 0 Å². The maximum atomic E-state index is 10.5. The van der Waals surface area contributed by atoms with Crippen molar-refractivity contribution < 1.29 is 4.79 Å². The SMILES string of the molecule is O=C1C[C]=NN=CC1. The smallest absolute Gasteiger partial charge is 0.144 e. The van der Waals surface area contributed by atoms with E-state index >= 15 is 0 Å². The lowest BCUT2D eigenvalue weighted by Crippen LogP contribution is -1.95. The van der Waals surface area contributed by atoms with Crippen LogP contribution in [-0.4, -0.2) is 18.2 Å². The maximum absolute atomic E-state index is 10.5. The highest BCUT2D eigenvalue weighted by Gasteiger charge is 1.98. The van der Waals surface area contributed by atoms with Crippen LogP contribution in [0.2, 0.25) is 0 Å². The molecule has 0 spiro atoms. The molecule has 0 amide bonds. The highest BCUT2D eigenvalue weighted by Crippen LogP contribution is 1.89. The van der Waals surface area contributed by atoms with Crippen molar-refractivity contribution >= 4 is 18.2 Å². The second-order valence-corrected chi connectivity index (χ2v) is 1.48. The Morgan fingerprint density at radius 3 is 3.50 bits per heavy atom. The van der Waals surface area contributed by atoms with E-state index in [1.54, 1.807) is 0 Å². The highest BCUT2D eigenvalue weighted by molar-refractivity contribution is 5.99. The molecule has 1 aliphatic heterocycles. The summed E-state index contributed by atoms with van der Waals surface area (Å²) >= 11 is 0. The largest absolute Gasteiger partial charge is 0.299 e. The highest BCUT2D eigenvalue weighted by atomic mass is 16.1. The number of hydrogen-bond donors (Lipinski definition) is 0. The van der Waals surface area contributed by atoms with Crippen molar-refractivity contribution in [3.8, 4) is 0 Å². The molecule has 0 aromatic carbocycles. The monoisotopic (exact) mass is 109 g/mol. The van der Waals surface area contributed by atoms with E-state index in [2.05, 4.69) is 16.4 Å². The fourth-order valence-corrected chi connectivity index (χ4v) is 0.420. The van der Waals surface area contributed by atoms with Gasteiger partial charge >= 0.3 is 0 Å². The average molecular weight is 109 g/mol. The molecule has 3 heteroatoms. The van der Waals surface area contributed by atoms with Gasteiger partial charge in [-0.1, -0.05) is 0 Å². The summed E-state index contributed by atoms with van der Waals surface area (Å²) in [4.78, 5) is 10.5. The molecule has 1 radical (unpaired) electrons. The third kappa shape index (κ3) is 1.26. The molecule has 0 fully saturated rings. The second-order valence-electron chi connectivity index (χ2n) is 1.48. The van der Waals surface area contributed by atoms with E-state index in [1.807, 2.05) is 0 Å². The van der Waals surface area contributed by atoms with Gasteiger partial charge in [0, 0.05) is 12.6 Å². The fourth-order valence-electron chi connectivity index (χ4n) is 0.420. The minimum atomic E-state index is 0.120. The van der Waals surface area contributed by atoms with Gasteiger partial charge in [-0.05, 0) is 0 Å². The van der Waals surface area contributed by atoms with Gasteiger partial charge in [0.2, 0.25) is 0 Å². The van der Waals surface area contributed by atoms with E-state index in [9.17, 15) is 4.79 Å². The predicted molar refractivity (Wildman–Crippen MR) is 30.2 cm³/mol. The van der Waals surface area contributed by atoms with E-state index in [0.29, 0.717) is 12.8 Å². The maximum Gasteiger partial charge on any atom is 0.144 e. The van der Waals surface area contributed by atoms with Crippen molar-refractivity contribution in [2.75, 3.05) is 0 Å². The van der Waals surface area contributed by atoms with Crippen LogP contribution in [-0.2, 0) is 4.79 Å². The molecule has 1 aliphatic rings. The summed E-state index contributed by atoms with van der Waals surface area (Å²) in [5.74, 6) is 0.120. The zero-order valence-electron chi connectivity index (χ0n) is 4.29. The minimum Gasteiger partial charge on any atom is -0.299 e. The molecule has 0 saturated heterocycles. The van der Waals surface area contributed by atoms with Gasteiger partial charge in [0.25, 0.3) is 0 Å². The average Bonchev–Trinajstić information content (AvgIpc) is 1.94. The van der Waals surface area contributed by atoms with Gasteiger partial charge in [-0.15, -0.1) is 0 Å². The predicted octanol–water partition coefficient (Wildman–Crippen LogP) is 0.283. The van der Waals surface area contributed by atoms with E-state index in [-0.39, 0.29) is 5.78 Å². The van der Waals surface area contributed by atoms with Gasteiger partial charge in [0.1, 0.15) is 5.78 Å². The Hall–Kier alpha value is -0.990. The third-order valence-electron chi connectivity index (χ3n) is 0.805. The molecular formula is C5H5N2O. The molecule has 0 unspecified atom stereocenters. The summed E-state index contributed by atoms with van der Waals surface area (Å²) in [6, 6.07) is 0. The van der Waals surface area contributed by atoms with E-state index in [1.165, 1.54) is 6.21 Å². The topological polar surface area (TPSA) is 41.8 Å². The van der Waals surface area contributed by atoms with Crippen LogP contribution >= 0.6 is 0 Å². The summed E-state index contributed by atoms with van der Waals surface area (Å²) in [5, 5.41) is 6.91. The van der Waals surface area contributed by atoms with Gasteiger partial charge in [-0.2, -0.15) is 10.2 Å². The van der Waals surface area contributed by atoms with Gasteiger partial charge in [-0.25, -0.2) is 0 Å². The summed E-state index contributed by atoms with van der Waals surface area (Å²) in [5.41, 5.74) is 0. The van der Waals surface area contributed by atoms with Crippen LogP contribution in [0.3, 0.4) is 0 Å². The normalized spacial score (nSPS) is 18.8. The van der Waals surface area contributed by atoms with Gasteiger partial charge in [-0.3, -0.25) is 4.79 Å². The summed E-state index contributed by atoms with van der Waals surface area (Å²) < 4.78 is 0. The second kappa shape index (κ2) is 2.35. The van der Waals surface area contributed by atoms with Crippen molar-refractivity contribution in [3.05, 3.63) is 0 Å². The fraction of sp³-hybridized carbons (Fsp3) is 0.400. The summed E-state index contributed by atoms with van der Waals surface area (Å²) in [7, 11) is 0. The molecule has 0 N–H and O–H groups in total. The number of rotatable bonds is 0. The number of carbonyl (C=O) groups excluding carboxylic acids is 1. The number of hydrogen-bond acceptors (Lipinski definition) is 3. The van der Waals surface area contributed by atoms with Crippen LogP contribution in [0.1, 0.15) is 12.8 Å². The Morgan fingerprint density at radius 2 is 2.62 bits per heavy atom. The van der Waals surface area contributed by atoms with Crippen LogP contribution < -0.4 is 0 Å². The molecule has 0 bridgehead atoms. The first-order valence-corrected chi connectivity index (χ1v) is 2.35. The van der Waals surface area contributed by atoms with Crippen LogP contribution in [0.5, 0.6) is 0 Å². The molecular weight excluding hydrogens is 104 g/mol. The third-order valence-corrected chi connectivity index (χ3v) is 0.805. The summed E-state index contributed by atoms with van der Waals surface area (Å²) in [6.45, 7) is 0. The molecule has 1 heterocycles. The Bertz CT molecular complexity index is 133. The zero-order chi connectivity index (χ0) is 5.82. The van der Waals surface area contributed by atoms with E-state index < -0.39 is 0 Å². The Balaban J connectivity index is 2.58. The first-order chi connectivity index (χ1) is 3.89. The molecule has 0 aromatic rings. The molecule has 0 saturated carbocycles. The first-order valence-electron chi connectivity index (χ1n) is 2.35. The Morgan fingerprint density at radius 1 is 1.75 bits per heavy atom. The minimum absolute atomic E-state index is 0.120. The molecule has 0 aliphatic carbocycles. The number of Topliss-reactive ketones (excluding diaryl/α,β-unsaturated/α-hetero) is 1. The lowest BCUT2D eigenvalue weighted by Gasteiger charge is -1.80. The molecule has 3 nitrogen and oxygen atoms in total. The summed E-state index contributed by atoms with van der Waals surface area (Å²) in [6.07, 6.45) is 4.67. The van der Waals surface area contributed by atoms with Crippen molar-refractivity contribution in [2.45, 2.75) is 12.8 Å². The van der Waals surface area contributed by atoms with Gasteiger partial charge in [0.05, 0.1) is 12.6 Å². The lowest BCUT2D eigenvalue weighted by atomic mass is 10.2. The molecule has 8 heavy (non-hydrogen) atoms.